The van der Waals surface area contributed by atoms with Crippen molar-refractivity contribution in [2.24, 2.45) is 0 Å². The minimum atomic E-state index is -4.38. The maximum Gasteiger partial charge on any atom is 0.446 e. The molecule has 1 aromatic heterocycles. The number of hydrogen-bond acceptors (Lipinski definition) is 6. The van der Waals surface area contributed by atoms with E-state index >= 15 is 0 Å². The van der Waals surface area contributed by atoms with Crippen LogP contribution in [0.1, 0.15) is 20.0 Å². The molecule has 0 atom stereocenters. The van der Waals surface area contributed by atoms with E-state index in [0.29, 0.717) is 0 Å². The zero-order valence-corrected chi connectivity index (χ0v) is 13.1. The second kappa shape index (κ2) is 7.01. The van der Waals surface area contributed by atoms with Crippen molar-refractivity contribution in [2.75, 3.05) is 12.4 Å². The van der Waals surface area contributed by atoms with E-state index in [0.717, 1.165) is 11.3 Å². The highest BCUT2D eigenvalue weighted by atomic mass is 32.2. The van der Waals surface area contributed by atoms with Gasteiger partial charge in [-0.05, 0) is 36.0 Å². The molecule has 2 rings (SSSR count). The lowest BCUT2D eigenvalue weighted by atomic mass is 10.2. The predicted octanol–water partition coefficient (Wildman–Crippen LogP) is 3.79. The molecule has 0 saturated heterocycles. The Kier molecular flexibility index (Phi) is 5.26. The Morgan fingerprint density at radius 2 is 1.91 bits per heavy atom. The van der Waals surface area contributed by atoms with Gasteiger partial charge in [0.1, 0.15) is 4.88 Å². The molecule has 0 fully saturated rings. The highest BCUT2D eigenvalue weighted by Crippen LogP contribution is 2.36. The van der Waals surface area contributed by atoms with Gasteiger partial charge in [-0.25, -0.2) is 9.78 Å². The molecule has 0 bridgehead atoms. The van der Waals surface area contributed by atoms with Gasteiger partial charge in [0, 0.05) is 10.5 Å². The van der Waals surface area contributed by atoms with Gasteiger partial charge in [0.05, 0.1) is 13.3 Å². The van der Waals surface area contributed by atoms with E-state index in [1.165, 1.54) is 37.6 Å². The van der Waals surface area contributed by atoms with Crippen LogP contribution in [-0.4, -0.2) is 29.5 Å². The average molecular weight is 362 g/mol. The van der Waals surface area contributed by atoms with Gasteiger partial charge in [-0.1, -0.05) is 11.3 Å². The van der Waals surface area contributed by atoms with Crippen molar-refractivity contribution in [1.29, 1.82) is 0 Å². The van der Waals surface area contributed by atoms with Crippen LogP contribution in [0.4, 0.5) is 18.3 Å². The number of nitrogens with one attached hydrogen (secondary N) is 1. The van der Waals surface area contributed by atoms with Crippen LogP contribution in [0.25, 0.3) is 0 Å². The number of esters is 1. The van der Waals surface area contributed by atoms with Crippen LogP contribution in [0.15, 0.2) is 35.4 Å². The summed E-state index contributed by atoms with van der Waals surface area (Å²) >= 11 is 0.670. The number of methoxy groups -OCH3 is 1. The maximum absolute atomic E-state index is 12.2. The summed E-state index contributed by atoms with van der Waals surface area (Å²) in [6.07, 6.45) is 1.26. The number of nitrogens with zero attached hydrogens (tertiary/aromatic N) is 1. The standard InChI is InChI=1S/C13H9F3N2O3S2/c1-21-11(20)9-6-17-12(22-9)18-10(19)7-2-4-8(5-3-7)23-13(14,15)16/h2-6H,1H3,(H,17,18,19). The molecule has 1 aromatic carbocycles. The van der Waals surface area contributed by atoms with Crippen molar-refractivity contribution in [3.8, 4) is 0 Å². The van der Waals surface area contributed by atoms with Crippen molar-refractivity contribution in [3.63, 3.8) is 0 Å². The SMILES string of the molecule is COC(=O)c1cnc(NC(=O)c2ccc(SC(F)(F)F)cc2)s1. The van der Waals surface area contributed by atoms with E-state index in [9.17, 15) is 22.8 Å². The first kappa shape index (κ1) is 17.3. The average Bonchev–Trinajstić information content (AvgIpc) is 2.94. The molecule has 0 aliphatic rings. The number of aromatic nitrogens is 1. The van der Waals surface area contributed by atoms with Crippen LogP contribution in [0.2, 0.25) is 0 Å². The molecule has 1 amide bonds. The highest BCUT2D eigenvalue weighted by Gasteiger charge is 2.29. The fourth-order valence-corrected chi connectivity index (χ4v) is 2.77. The van der Waals surface area contributed by atoms with Gasteiger partial charge in [0.25, 0.3) is 5.91 Å². The summed E-state index contributed by atoms with van der Waals surface area (Å²) in [5.41, 5.74) is -4.21. The summed E-state index contributed by atoms with van der Waals surface area (Å²) in [4.78, 5) is 27.3. The van der Waals surface area contributed by atoms with Gasteiger partial charge >= 0.3 is 11.5 Å². The topological polar surface area (TPSA) is 68.3 Å². The monoisotopic (exact) mass is 362 g/mol. The minimum absolute atomic E-state index is 0.0173. The molecule has 0 radical (unpaired) electrons. The second-order valence-corrected chi connectivity index (χ2v) is 6.22. The molecule has 1 heterocycles. The van der Waals surface area contributed by atoms with E-state index in [-0.39, 0.29) is 32.2 Å². The molecule has 2 aromatic rings. The number of benzene rings is 1. The Labute approximate surface area is 136 Å². The molecule has 122 valence electrons. The summed E-state index contributed by atoms with van der Waals surface area (Å²) < 4.78 is 41.2. The van der Waals surface area contributed by atoms with Gasteiger partial charge in [0.15, 0.2) is 5.13 Å². The highest BCUT2D eigenvalue weighted by molar-refractivity contribution is 8.00. The van der Waals surface area contributed by atoms with Crippen LogP contribution in [0.3, 0.4) is 0 Å². The van der Waals surface area contributed by atoms with Crippen molar-refractivity contribution in [3.05, 3.63) is 40.9 Å². The summed E-state index contributed by atoms with van der Waals surface area (Å²) in [6, 6.07) is 4.96. The zero-order chi connectivity index (χ0) is 17.0. The zero-order valence-electron chi connectivity index (χ0n) is 11.5. The maximum atomic E-state index is 12.2. The number of thioether (sulfide) groups is 1. The first-order valence-electron chi connectivity index (χ1n) is 6.00. The van der Waals surface area contributed by atoms with Crippen LogP contribution < -0.4 is 5.32 Å². The number of halogens is 3. The van der Waals surface area contributed by atoms with E-state index in [1.54, 1.807) is 0 Å². The van der Waals surface area contributed by atoms with Gasteiger partial charge in [-0.2, -0.15) is 13.2 Å². The number of alkyl halides is 3. The van der Waals surface area contributed by atoms with Crippen molar-refractivity contribution < 1.29 is 27.5 Å². The number of carbonyl (C=O) groups excluding carboxylic acids is 2. The number of hydrogen-bond donors (Lipinski definition) is 1. The van der Waals surface area contributed by atoms with E-state index in [4.69, 9.17) is 0 Å². The third-order valence-corrected chi connectivity index (χ3v) is 4.09. The van der Waals surface area contributed by atoms with Crippen molar-refractivity contribution in [2.45, 2.75) is 10.4 Å². The smallest absolute Gasteiger partial charge is 0.446 e. The first-order chi connectivity index (χ1) is 10.8. The Morgan fingerprint density at radius 3 is 2.48 bits per heavy atom. The van der Waals surface area contributed by atoms with Gasteiger partial charge in [-0.3, -0.25) is 10.1 Å². The van der Waals surface area contributed by atoms with E-state index < -0.39 is 17.4 Å². The number of anilines is 1. The van der Waals surface area contributed by atoms with E-state index in [1.807, 2.05) is 0 Å². The minimum Gasteiger partial charge on any atom is -0.465 e. The largest absolute Gasteiger partial charge is 0.465 e. The molecule has 5 nitrogen and oxygen atoms in total. The lowest BCUT2D eigenvalue weighted by molar-refractivity contribution is -0.0328. The molecule has 1 N–H and O–H groups in total. The normalized spacial score (nSPS) is 11.1. The quantitative estimate of drug-likeness (QED) is 0.662. The molecule has 0 saturated carbocycles. The molecule has 0 spiro atoms. The fraction of sp³-hybridized carbons (Fsp3) is 0.154. The number of amides is 1. The predicted molar refractivity (Wildman–Crippen MR) is 79.8 cm³/mol. The Balaban J connectivity index is 2.03. The summed E-state index contributed by atoms with van der Waals surface area (Å²) in [5.74, 6) is -1.11. The summed E-state index contributed by atoms with van der Waals surface area (Å²) in [7, 11) is 1.22. The molecule has 10 heteroatoms. The third kappa shape index (κ3) is 4.96. The number of carbonyl (C=O) groups is 2. The van der Waals surface area contributed by atoms with Gasteiger partial charge in [0.2, 0.25) is 0 Å². The van der Waals surface area contributed by atoms with Gasteiger partial charge in [-0.15, -0.1) is 0 Å². The molecule has 0 aliphatic heterocycles. The summed E-state index contributed by atoms with van der Waals surface area (Å²) in [6.45, 7) is 0. The van der Waals surface area contributed by atoms with Crippen molar-refractivity contribution in [1.82, 2.24) is 4.98 Å². The lowest BCUT2D eigenvalue weighted by Gasteiger charge is -2.06. The molecular weight excluding hydrogens is 353 g/mol. The Morgan fingerprint density at radius 1 is 1.26 bits per heavy atom. The first-order valence-corrected chi connectivity index (χ1v) is 7.63. The van der Waals surface area contributed by atoms with Crippen molar-refractivity contribution >= 4 is 40.1 Å². The van der Waals surface area contributed by atoms with Crippen LogP contribution in [0.5, 0.6) is 0 Å². The Hall–Kier alpha value is -2.07. The summed E-state index contributed by atoms with van der Waals surface area (Å²) in [5, 5.41) is 2.64. The number of ether oxygens (including phenoxy) is 1. The molecular formula is C13H9F3N2O3S2. The lowest BCUT2D eigenvalue weighted by Crippen LogP contribution is -2.11. The fourth-order valence-electron chi connectivity index (χ4n) is 1.50. The van der Waals surface area contributed by atoms with Gasteiger partial charge < -0.3 is 4.74 Å². The van der Waals surface area contributed by atoms with Crippen LogP contribution in [-0.2, 0) is 4.74 Å². The Bertz CT molecular complexity index is 714. The molecule has 0 aliphatic carbocycles. The molecule has 0 unspecified atom stereocenters. The van der Waals surface area contributed by atoms with Crippen LogP contribution >= 0.6 is 23.1 Å². The number of thiazole rings is 1. The van der Waals surface area contributed by atoms with E-state index in [2.05, 4.69) is 15.0 Å². The number of rotatable bonds is 4. The molecule has 23 heavy (non-hydrogen) atoms. The third-order valence-electron chi connectivity index (χ3n) is 2.46. The second-order valence-electron chi connectivity index (χ2n) is 4.05. The van der Waals surface area contributed by atoms with Crippen LogP contribution in [0, 0.1) is 0 Å².